The molecule has 0 aromatic carbocycles. The largest absolute Gasteiger partial charge is 0.371 e. The van der Waals surface area contributed by atoms with E-state index in [2.05, 4.69) is 20.1 Å². The topological polar surface area (TPSA) is 18.5 Å². The van der Waals surface area contributed by atoms with Crippen LogP contribution in [0.25, 0.3) is 0 Å². The van der Waals surface area contributed by atoms with Gasteiger partial charge < -0.3 is 9.47 Å². The minimum Gasteiger partial charge on any atom is -0.371 e. The predicted molar refractivity (Wildman–Crippen MR) is 63.0 cm³/mol. The molecule has 0 aromatic rings. The fourth-order valence-corrected chi connectivity index (χ4v) is 2.13. The highest BCUT2D eigenvalue weighted by atomic mass is 16.5. The van der Waals surface area contributed by atoms with Crippen LogP contribution in [0.3, 0.4) is 0 Å². The molecule has 0 aliphatic heterocycles. The summed E-state index contributed by atoms with van der Waals surface area (Å²) < 4.78 is 11.6. The molecule has 0 aromatic heterocycles. The summed E-state index contributed by atoms with van der Waals surface area (Å²) in [6.45, 7) is 10.7. The number of ether oxygens (including phenoxy) is 2. The van der Waals surface area contributed by atoms with Crippen LogP contribution in [-0.2, 0) is 9.47 Å². The van der Waals surface area contributed by atoms with E-state index >= 15 is 0 Å². The Morgan fingerprint density at radius 3 is 2.67 bits per heavy atom. The highest BCUT2D eigenvalue weighted by Gasteiger charge is 2.37. The third kappa shape index (κ3) is 3.47. The van der Waals surface area contributed by atoms with Gasteiger partial charge in [-0.05, 0) is 19.8 Å². The average Bonchev–Trinajstić information content (AvgIpc) is 2.25. The minimum atomic E-state index is -0.143. The van der Waals surface area contributed by atoms with E-state index in [0.29, 0.717) is 13.2 Å². The van der Waals surface area contributed by atoms with E-state index in [1.165, 1.54) is 12.8 Å². The van der Waals surface area contributed by atoms with Gasteiger partial charge in [-0.1, -0.05) is 25.0 Å². The van der Waals surface area contributed by atoms with Crippen LogP contribution < -0.4 is 0 Å². The van der Waals surface area contributed by atoms with Gasteiger partial charge in [-0.15, -0.1) is 13.2 Å². The normalized spacial score (nSPS) is 31.1. The van der Waals surface area contributed by atoms with Gasteiger partial charge in [0.15, 0.2) is 0 Å². The summed E-state index contributed by atoms with van der Waals surface area (Å²) >= 11 is 0. The van der Waals surface area contributed by atoms with Gasteiger partial charge in [0.25, 0.3) is 0 Å². The second kappa shape index (κ2) is 6.09. The standard InChI is InChI=1S/C13H22O2/c1-4-10-14-12-8-6-7-9-13(12,3)15-11-5-2/h4-5,12H,1-2,6-11H2,3H3/t12-,13-/m0/s1. The molecule has 1 aliphatic carbocycles. The number of rotatable bonds is 6. The summed E-state index contributed by atoms with van der Waals surface area (Å²) in [5.41, 5.74) is -0.143. The van der Waals surface area contributed by atoms with Crippen molar-refractivity contribution in [2.75, 3.05) is 13.2 Å². The molecule has 0 N–H and O–H groups in total. The number of hydrogen-bond acceptors (Lipinski definition) is 2. The Balaban J connectivity index is 2.53. The predicted octanol–water partition coefficient (Wildman–Crippen LogP) is 3.09. The van der Waals surface area contributed by atoms with E-state index in [9.17, 15) is 0 Å². The van der Waals surface area contributed by atoms with Crippen LogP contribution in [0.5, 0.6) is 0 Å². The Kier molecular flexibility index (Phi) is 5.06. The molecule has 0 spiro atoms. The van der Waals surface area contributed by atoms with Gasteiger partial charge in [0.05, 0.1) is 24.9 Å². The lowest BCUT2D eigenvalue weighted by Gasteiger charge is -2.40. The maximum atomic E-state index is 5.85. The van der Waals surface area contributed by atoms with Crippen molar-refractivity contribution in [3.63, 3.8) is 0 Å². The summed E-state index contributed by atoms with van der Waals surface area (Å²) in [7, 11) is 0. The Bertz CT molecular complexity index is 213. The molecule has 2 nitrogen and oxygen atoms in total. The lowest BCUT2D eigenvalue weighted by molar-refractivity contribution is -0.144. The highest BCUT2D eigenvalue weighted by molar-refractivity contribution is 4.90. The van der Waals surface area contributed by atoms with E-state index in [4.69, 9.17) is 9.47 Å². The van der Waals surface area contributed by atoms with Crippen molar-refractivity contribution in [1.82, 2.24) is 0 Å². The third-order valence-electron chi connectivity index (χ3n) is 3.02. The second-order valence-electron chi connectivity index (χ2n) is 4.27. The van der Waals surface area contributed by atoms with Crippen LogP contribution >= 0.6 is 0 Å². The van der Waals surface area contributed by atoms with Crippen LogP contribution in [0.2, 0.25) is 0 Å². The summed E-state index contributed by atoms with van der Waals surface area (Å²) in [5, 5.41) is 0. The van der Waals surface area contributed by atoms with E-state index in [-0.39, 0.29) is 11.7 Å². The fourth-order valence-electron chi connectivity index (χ4n) is 2.13. The average molecular weight is 210 g/mol. The Hall–Kier alpha value is -0.600. The molecule has 0 saturated heterocycles. The lowest BCUT2D eigenvalue weighted by Crippen LogP contribution is -2.46. The highest BCUT2D eigenvalue weighted by Crippen LogP contribution is 2.33. The molecule has 1 saturated carbocycles. The zero-order valence-corrected chi connectivity index (χ0v) is 9.71. The lowest BCUT2D eigenvalue weighted by atomic mass is 9.83. The van der Waals surface area contributed by atoms with Gasteiger partial charge in [0.1, 0.15) is 0 Å². The van der Waals surface area contributed by atoms with Crippen LogP contribution in [0.15, 0.2) is 25.3 Å². The van der Waals surface area contributed by atoms with Gasteiger partial charge in [-0.2, -0.15) is 0 Å². The summed E-state index contributed by atoms with van der Waals surface area (Å²) in [6.07, 6.45) is 8.40. The Morgan fingerprint density at radius 2 is 2.00 bits per heavy atom. The van der Waals surface area contributed by atoms with E-state index in [1.807, 2.05) is 0 Å². The van der Waals surface area contributed by atoms with Crippen molar-refractivity contribution in [3.8, 4) is 0 Å². The summed E-state index contributed by atoms with van der Waals surface area (Å²) in [4.78, 5) is 0. The molecular weight excluding hydrogens is 188 g/mol. The maximum Gasteiger partial charge on any atom is 0.0919 e. The van der Waals surface area contributed by atoms with Crippen LogP contribution in [0.1, 0.15) is 32.6 Å². The SMILES string of the molecule is C=CCO[C@H]1CCCC[C@]1(C)OCC=C. The zero-order chi connectivity index (χ0) is 11.1. The first-order chi connectivity index (χ1) is 7.23. The molecule has 1 aliphatic rings. The van der Waals surface area contributed by atoms with Gasteiger partial charge in [-0.25, -0.2) is 0 Å². The molecule has 0 heterocycles. The first kappa shape index (κ1) is 12.5. The molecule has 0 amide bonds. The summed E-state index contributed by atoms with van der Waals surface area (Å²) in [6, 6.07) is 0. The minimum absolute atomic E-state index is 0.143. The monoisotopic (exact) mass is 210 g/mol. The quantitative estimate of drug-likeness (QED) is 0.627. The third-order valence-corrected chi connectivity index (χ3v) is 3.02. The smallest absolute Gasteiger partial charge is 0.0919 e. The van der Waals surface area contributed by atoms with E-state index < -0.39 is 0 Å². The molecule has 15 heavy (non-hydrogen) atoms. The molecule has 2 atom stereocenters. The van der Waals surface area contributed by atoms with Gasteiger partial charge in [-0.3, -0.25) is 0 Å². The van der Waals surface area contributed by atoms with Crippen molar-refractivity contribution in [3.05, 3.63) is 25.3 Å². The first-order valence-electron chi connectivity index (χ1n) is 5.70. The molecule has 1 rings (SSSR count). The molecule has 2 heteroatoms. The molecule has 0 radical (unpaired) electrons. The van der Waals surface area contributed by atoms with Crippen LogP contribution in [-0.4, -0.2) is 24.9 Å². The van der Waals surface area contributed by atoms with Gasteiger partial charge in [0, 0.05) is 0 Å². The van der Waals surface area contributed by atoms with Crippen LogP contribution in [0, 0.1) is 0 Å². The molecular formula is C13H22O2. The molecule has 0 unspecified atom stereocenters. The van der Waals surface area contributed by atoms with Crippen molar-refractivity contribution in [2.45, 2.75) is 44.3 Å². The Morgan fingerprint density at radius 1 is 1.27 bits per heavy atom. The van der Waals surface area contributed by atoms with Crippen molar-refractivity contribution in [1.29, 1.82) is 0 Å². The van der Waals surface area contributed by atoms with Crippen molar-refractivity contribution < 1.29 is 9.47 Å². The molecule has 0 bridgehead atoms. The summed E-state index contributed by atoms with van der Waals surface area (Å²) in [5.74, 6) is 0. The Labute approximate surface area is 93.0 Å². The number of hydrogen-bond donors (Lipinski definition) is 0. The van der Waals surface area contributed by atoms with E-state index in [0.717, 1.165) is 12.8 Å². The van der Waals surface area contributed by atoms with Gasteiger partial charge >= 0.3 is 0 Å². The van der Waals surface area contributed by atoms with Crippen molar-refractivity contribution >= 4 is 0 Å². The molecule has 86 valence electrons. The van der Waals surface area contributed by atoms with Gasteiger partial charge in [0.2, 0.25) is 0 Å². The second-order valence-corrected chi connectivity index (χ2v) is 4.27. The first-order valence-corrected chi connectivity index (χ1v) is 5.70. The van der Waals surface area contributed by atoms with Crippen LogP contribution in [0.4, 0.5) is 0 Å². The zero-order valence-electron chi connectivity index (χ0n) is 9.71. The molecule has 1 fully saturated rings. The van der Waals surface area contributed by atoms with E-state index in [1.54, 1.807) is 12.2 Å². The fraction of sp³-hybridized carbons (Fsp3) is 0.692. The van der Waals surface area contributed by atoms with Crippen molar-refractivity contribution in [2.24, 2.45) is 0 Å². The maximum absolute atomic E-state index is 5.85.